The van der Waals surface area contributed by atoms with Crippen molar-refractivity contribution < 1.29 is 9.53 Å². The van der Waals surface area contributed by atoms with E-state index < -0.39 is 0 Å². The van der Waals surface area contributed by atoms with E-state index in [1.807, 2.05) is 20.9 Å². The second-order valence-electron chi connectivity index (χ2n) is 9.00. The van der Waals surface area contributed by atoms with Crippen LogP contribution in [0.15, 0.2) is 4.99 Å². The zero-order valence-electron chi connectivity index (χ0n) is 18.0. The zero-order valence-corrected chi connectivity index (χ0v) is 20.3. The molecule has 6 nitrogen and oxygen atoms in total. The quantitative estimate of drug-likeness (QED) is 0.312. The predicted molar refractivity (Wildman–Crippen MR) is 122 cm³/mol. The van der Waals surface area contributed by atoms with Crippen molar-refractivity contribution in [1.82, 2.24) is 16.0 Å². The van der Waals surface area contributed by atoms with Crippen molar-refractivity contribution in [2.45, 2.75) is 90.4 Å². The van der Waals surface area contributed by atoms with Crippen LogP contribution in [0.3, 0.4) is 0 Å². The highest BCUT2D eigenvalue weighted by molar-refractivity contribution is 14.0. The van der Waals surface area contributed by atoms with Gasteiger partial charge >= 0.3 is 0 Å². The highest BCUT2D eigenvalue weighted by atomic mass is 127. The average Bonchev–Trinajstić information content (AvgIpc) is 2.59. The molecule has 0 bridgehead atoms. The second kappa shape index (κ2) is 9.76. The number of hydrogen-bond acceptors (Lipinski definition) is 3. The number of guanidine groups is 1. The Labute approximate surface area is 182 Å². The van der Waals surface area contributed by atoms with Gasteiger partial charge in [0.1, 0.15) is 0 Å². The highest BCUT2D eigenvalue weighted by Crippen LogP contribution is 2.51. The molecule has 2 rings (SSSR count). The number of methoxy groups -OCH3 is 1. The summed E-state index contributed by atoms with van der Waals surface area (Å²) < 4.78 is 5.71. The third-order valence-corrected chi connectivity index (χ3v) is 6.63. The van der Waals surface area contributed by atoms with Crippen LogP contribution in [0.5, 0.6) is 0 Å². The van der Waals surface area contributed by atoms with Crippen molar-refractivity contribution in [1.29, 1.82) is 0 Å². The summed E-state index contributed by atoms with van der Waals surface area (Å²) in [6.45, 7) is 10.7. The number of hydrogen-bond donors (Lipinski definition) is 3. The van der Waals surface area contributed by atoms with Gasteiger partial charge in [-0.1, -0.05) is 20.3 Å². The maximum atomic E-state index is 12.3. The van der Waals surface area contributed by atoms with Gasteiger partial charge in [-0.2, -0.15) is 0 Å². The van der Waals surface area contributed by atoms with Crippen molar-refractivity contribution in [3.05, 3.63) is 0 Å². The summed E-state index contributed by atoms with van der Waals surface area (Å²) in [6.07, 6.45) is 4.95. The third-order valence-electron chi connectivity index (χ3n) is 6.63. The number of amides is 1. The lowest BCUT2D eigenvalue weighted by Gasteiger charge is -2.59. The first kappa shape index (κ1) is 24.5. The molecular formula is C20H39IN4O2. The molecular weight excluding hydrogens is 455 g/mol. The van der Waals surface area contributed by atoms with Gasteiger partial charge in [-0.25, -0.2) is 0 Å². The van der Waals surface area contributed by atoms with Gasteiger partial charge in [0, 0.05) is 43.6 Å². The Balaban J connectivity index is 0.00000364. The standard InChI is InChI=1S/C20H38N4O2.HI/c1-13(2)22-17(25)14-9-8-10-15(11-14)23-18(21-6)24-16-12-20(5,26-7)19(16,3)4;/h13-16H,8-12H2,1-7H3,(H,22,25)(H2,21,23,24);1H. The molecule has 2 aliphatic rings. The number of rotatable bonds is 5. The van der Waals surface area contributed by atoms with E-state index in [9.17, 15) is 4.79 Å². The van der Waals surface area contributed by atoms with Crippen LogP contribution in [0.25, 0.3) is 0 Å². The van der Waals surface area contributed by atoms with Crippen molar-refractivity contribution in [2.75, 3.05) is 14.2 Å². The molecule has 3 N–H and O–H groups in total. The van der Waals surface area contributed by atoms with Crippen LogP contribution in [-0.4, -0.2) is 49.8 Å². The maximum absolute atomic E-state index is 12.3. The zero-order chi connectivity index (χ0) is 19.5. The molecule has 0 spiro atoms. The fourth-order valence-electron chi connectivity index (χ4n) is 4.21. The third kappa shape index (κ3) is 5.49. The number of aliphatic imine (C=N–C) groups is 1. The van der Waals surface area contributed by atoms with Crippen LogP contribution < -0.4 is 16.0 Å². The topological polar surface area (TPSA) is 74.8 Å². The summed E-state index contributed by atoms with van der Waals surface area (Å²) in [6, 6.07) is 0.804. The number of ether oxygens (including phenoxy) is 1. The van der Waals surface area contributed by atoms with Gasteiger partial charge in [-0.15, -0.1) is 24.0 Å². The Hall–Kier alpha value is -0.570. The van der Waals surface area contributed by atoms with E-state index in [0.717, 1.165) is 38.1 Å². The molecule has 0 aliphatic heterocycles. The summed E-state index contributed by atoms with van der Waals surface area (Å²) >= 11 is 0. The molecule has 0 heterocycles. The highest BCUT2D eigenvalue weighted by Gasteiger charge is 2.58. The lowest BCUT2D eigenvalue weighted by Crippen LogP contribution is -2.69. The maximum Gasteiger partial charge on any atom is 0.223 e. The summed E-state index contributed by atoms with van der Waals surface area (Å²) in [5.41, 5.74) is -0.0694. The van der Waals surface area contributed by atoms with Gasteiger partial charge in [0.15, 0.2) is 5.96 Å². The van der Waals surface area contributed by atoms with E-state index in [1.165, 1.54) is 0 Å². The lowest BCUT2D eigenvalue weighted by atomic mass is 9.56. The van der Waals surface area contributed by atoms with Gasteiger partial charge in [0.05, 0.1) is 5.60 Å². The monoisotopic (exact) mass is 494 g/mol. The first-order valence-corrected chi connectivity index (χ1v) is 9.98. The Kier molecular flexibility index (Phi) is 8.85. The molecule has 158 valence electrons. The molecule has 2 fully saturated rings. The molecule has 27 heavy (non-hydrogen) atoms. The molecule has 1 amide bonds. The van der Waals surface area contributed by atoms with Gasteiger partial charge in [-0.05, 0) is 46.5 Å². The fourth-order valence-corrected chi connectivity index (χ4v) is 4.21. The van der Waals surface area contributed by atoms with Gasteiger partial charge in [0.2, 0.25) is 5.91 Å². The van der Waals surface area contributed by atoms with Crippen molar-refractivity contribution in [3.8, 4) is 0 Å². The van der Waals surface area contributed by atoms with Crippen LogP contribution in [-0.2, 0) is 9.53 Å². The van der Waals surface area contributed by atoms with Crippen molar-refractivity contribution in [2.24, 2.45) is 16.3 Å². The minimum absolute atomic E-state index is 0. The molecule has 4 unspecified atom stereocenters. The number of carbonyl (C=O) groups excluding carboxylic acids is 1. The van der Waals surface area contributed by atoms with E-state index in [2.05, 4.69) is 41.7 Å². The SMILES string of the molecule is CN=C(NC1CCCC(C(=O)NC(C)C)C1)NC1CC(C)(OC)C1(C)C.I. The van der Waals surface area contributed by atoms with Gasteiger partial charge in [0.25, 0.3) is 0 Å². The molecule has 0 aromatic carbocycles. The normalized spacial score (nSPS) is 32.9. The minimum Gasteiger partial charge on any atom is -0.378 e. The smallest absolute Gasteiger partial charge is 0.223 e. The molecule has 0 aromatic heterocycles. The van der Waals surface area contributed by atoms with Gasteiger partial charge < -0.3 is 20.7 Å². The number of halogens is 1. The van der Waals surface area contributed by atoms with E-state index in [1.54, 1.807) is 7.11 Å². The first-order chi connectivity index (χ1) is 12.1. The van der Waals surface area contributed by atoms with Crippen molar-refractivity contribution >= 4 is 35.8 Å². The number of carbonyl (C=O) groups is 1. The Morgan fingerprint density at radius 1 is 1.19 bits per heavy atom. The van der Waals surface area contributed by atoms with Crippen LogP contribution in [0, 0.1) is 11.3 Å². The fraction of sp³-hybridized carbons (Fsp3) is 0.900. The summed E-state index contributed by atoms with van der Waals surface area (Å²) in [7, 11) is 3.59. The van der Waals surface area contributed by atoms with Crippen molar-refractivity contribution in [3.63, 3.8) is 0 Å². The Bertz CT molecular complexity index is 538. The lowest BCUT2D eigenvalue weighted by molar-refractivity contribution is -0.176. The minimum atomic E-state index is -0.103. The molecule has 2 saturated carbocycles. The van der Waals surface area contributed by atoms with E-state index in [0.29, 0.717) is 6.04 Å². The van der Waals surface area contributed by atoms with E-state index >= 15 is 0 Å². The van der Waals surface area contributed by atoms with Crippen LogP contribution in [0.2, 0.25) is 0 Å². The van der Waals surface area contributed by atoms with Crippen LogP contribution >= 0.6 is 24.0 Å². The van der Waals surface area contributed by atoms with Crippen LogP contribution in [0.1, 0.15) is 66.7 Å². The van der Waals surface area contributed by atoms with Crippen LogP contribution in [0.4, 0.5) is 0 Å². The number of nitrogens with zero attached hydrogens (tertiary/aromatic N) is 1. The first-order valence-electron chi connectivity index (χ1n) is 9.98. The number of nitrogens with one attached hydrogen (secondary N) is 3. The molecule has 0 saturated heterocycles. The summed E-state index contributed by atoms with van der Waals surface area (Å²) in [5.74, 6) is 1.11. The Morgan fingerprint density at radius 2 is 1.85 bits per heavy atom. The Morgan fingerprint density at radius 3 is 2.37 bits per heavy atom. The summed E-state index contributed by atoms with van der Waals surface area (Å²) in [4.78, 5) is 16.7. The average molecular weight is 494 g/mol. The molecule has 2 aliphatic carbocycles. The second-order valence-corrected chi connectivity index (χ2v) is 9.00. The van der Waals surface area contributed by atoms with E-state index in [-0.39, 0.29) is 58.9 Å². The molecule has 0 aromatic rings. The largest absolute Gasteiger partial charge is 0.378 e. The predicted octanol–water partition coefficient (Wildman–Crippen LogP) is 3.06. The molecule has 4 atom stereocenters. The van der Waals surface area contributed by atoms with E-state index in [4.69, 9.17) is 4.74 Å². The van der Waals surface area contributed by atoms with Gasteiger partial charge in [-0.3, -0.25) is 9.79 Å². The summed E-state index contributed by atoms with van der Waals surface area (Å²) in [5, 5.41) is 10.2. The molecule has 0 radical (unpaired) electrons. The molecule has 7 heteroatoms.